The Morgan fingerprint density at radius 3 is 3.04 bits per heavy atom. The van der Waals surface area contributed by atoms with Gasteiger partial charge in [-0.1, -0.05) is 13.8 Å². The van der Waals surface area contributed by atoms with Crippen LogP contribution in [0.2, 0.25) is 0 Å². The number of nitrogens with zero attached hydrogens (tertiary/aromatic N) is 3. The summed E-state index contributed by atoms with van der Waals surface area (Å²) in [7, 11) is 0. The predicted molar refractivity (Wildman–Crippen MR) is 97.5 cm³/mol. The van der Waals surface area contributed by atoms with Crippen molar-refractivity contribution in [2.45, 2.75) is 39.2 Å². The highest BCUT2D eigenvalue weighted by atomic mass is 35.5. The molecule has 0 aliphatic carbocycles. The summed E-state index contributed by atoms with van der Waals surface area (Å²) >= 11 is 0. The van der Waals surface area contributed by atoms with Gasteiger partial charge in [0.05, 0.1) is 12.2 Å². The van der Waals surface area contributed by atoms with E-state index < -0.39 is 0 Å². The Balaban J connectivity index is 0.00000208. The fourth-order valence-corrected chi connectivity index (χ4v) is 3.12. The van der Waals surface area contributed by atoms with Crippen LogP contribution in [-0.4, -0.2) is 40.3 Å². The van der Waals surface area contributed by atoms with E-state index in [2.05, 4.69) is 21.7 Å². The molecule has 0 saturated carbocycles. The van der Waals surface area contributed by atoms with Gasteiger partial charge in [0, 0.05) is 37.0 Å². The van der Waals surface area contributed by atoms with E-state index in [0.29, 0.717) is 31.3 Å². The summed E-state index contributed by atoms with van der Waals surface area (Å²) in [5.74, 6) is 0.937. The minimum Gasteiger partial charge on any atom is -0.354 e. The van der Waals surface area contributed by atoms with Crippen LogP contribution in [0.1, 0.15) is 38.3 Å². The first-order valence-corrected chi connectivity index (χ1v) is 8.44. The van der Waals surface area contributed by atoms with Crippen molar-refractivity contribution in [3.8, 4) is 0 Å². The molecule has 1 saturated heterocycles. The van der Waals surface area contributed by atoms with Crippen LogP contribution >= 0.6 is 12.4 Å². The molecule has 0 bridgehead atoms. The minimum absolute atomic E-state index is 0. The SMILES string of the molecule is CC(C)CC(=O)NCCn1nc(C2CCNC2)c2cccnc21.Cl. The Labute approximate surface area is 148 Å². The molecular weight excluding hydrogens is 326 g/mol. The number of hydrogen-bond donors (Lipinski definition) is 2. The number of halogens is 1. The second-order valence-corrected chi connectivity index (χ2v) is 6.62. The van der Waals surface area contributed by atoms with Gasteiger partial charge in [0.1, 0.15) is 0 Å². The predicted octanol–water partition coefficient (Wildman–Crippen LogP) is 2.09. The molecule has 2 aromatic rings. The maximum absolute atomic E-state index is 11.8. The van der Waals surface area contributed by atoms with Gasteiger partial charge in [-0.3, -0.25) is 4.79 Å². The number of carbonyl (C=O) groups is 1. The molecule has 1 unspecified atom stereocenters. The number of amides is 1. The number of hydrogen-bond acceptors (Lipinski definition) is 4. The summed E-state index contributed by atoms with van der Waals surface area (Å²) in [4.78, 5) is 16.2. The lowest BCUT2D eigenvalue weighted by molar-refractivity contribution is -0.121. The number of rotatable bonds is 6. The molecule has 1 aliphatic heterocycles. The van der Waals surface area contributed by atoms with E-state index in [1.54, 1.807) is 6.20 Å². The van der Waals surface area contributed by atoms with Crippen molar-refractivity contribution in [1.29, 1.82) is 0 Å². The lowest BCUT2D eigenvalue weighted by atomic mass is 10.0. The molecule has 0 spiro atoms. The standard InChI is InChI=1S/C17H25N5O.ClH/c1-12(2)10-15(23)19-8-9-22-17-14(4-3-6-20-17)16(21-22)13-5-7-18-11-13;/h3-4,6,12-13,18H,5,7-11H2,1-2H3,(H,19,23);1H. The monoisotopic (exact) mass is 351 g/mol. The first-order chi connectivity index (χ1) is 11.1. The molecule has 1 amide bonds. The van der Waals surface area contributed by atoms with E-state index in [9.17, 15) is 4.79 Å². The molecule has 3 rings (SSSR count). The van der Waals surface area contributed by atoms with E-state index >= 15 is 0 Å². The lowest BCUT2D eigenvalue weighted by Gasteiger charge is -2.07. The van der Waals surface area contributed by atoms with Gasteiger partial charge in [0.25, 0.3) is 0 Å². The van der Waals surface area contributed by atoms with Crippen molar-refractivity contribution in [2.24, 2.45) is 5.92 Å². The maximum atomic E-state index is 11.8. The Morgan fingerprint density at radius 2 is 2.33 bits per heavy atom. The van der Waals surface area contributed by atoms with Gasteiger partial charge in [-0.25, -0.2) is 9.67 Å². The summed E-state index contributed by atoms with van der Waals surface area (Å²) in [6.07, 6.45) is 3.48. The second kappa shape index (κ2) is 8.44. The van der Waals surface area contributed by atoms with E-state index in [1.807, 2.05) is 24.6 Å². The normalized spacial score (nSPS) is 17.2. The van der Waals surface area contributed by atoms with Crippen LogP contribution in [0.15, 0.2) is 18.3 Å². The number of nitrogens with one attached hydrogen (secondary N) is 2. The number of aromatic nitrogens is 3. The van der Waals surface area contributed by atoms with Gasteiger partial charge in [0.2, 0.25) is 5.91 Å². The molecule has 1 fully saturated rings. The van der Waals surface area contributed by atoms with Crippen molar-refractivity contribution in [3.63, 3.8) is 0 Å². The number of pyridine rings is 1. The zero-order chi connectivity index (χ0) is 16.2. The van der Waals surface area contributed by atoms with Crippen molar-refractivity contribution in [1.82, 2.24) is 25.4 Å². The van der Waals surface area contributed by atoms with E-state index in [-0.39, 0.29) is 18.3 Å². The smallest absolute Gasteiger partial charge is 0.220 e. The molecule has 7 heteroatoms. The average molecular weight is 352 g/mol. The second-order valence-electron chi connectivity index (χ2n) is 6.62. The van der Waals surface area contributed by atoms with Crippen LogP contribution < -0.4 is 10.6 Å². The number of carbonyl (C=O) groups excluding carboxylic acids is 1. The molecule has 1 aliphatic rings. The molecule has 0 aromatic carbocycles. The summed E-state index contributed by atoms with van der Waals surface area (Å²) in [6, 6.07) is 4.06. The Kier molecular flexibility index (Phi) is 6.57. The molecule has 2 N–H and O–H groups in total. The first-order valence-electron chi connectivity index (χ1n) is 8.44. The fourth-order valence-electron chi connectivity index (χ4n) is 3.12. The van der Waals surface area contributed by atoms with Gasteiger partial charge < -0.3 is 10.6 Å². The summed E-state index contributed by atoms with van der Waals surface area (Å²) < 4.78 is 1.93. The third-order valence-electron chi connectivity index (χ3n) is 4.22. The van der Waals surface area contributed by atoms with Crippen molar-refractivity contribution < 1.29 is 4.79 Å². The van der Waals surface area contributed by atoms with Crippen LogP contribution in [0.25, 0.3) is 11.0 Å². The van der Waals surface area contributed by atoms with Crippen LogP contribution in [0.5, 0.6) is 0 Å². The molecule has 0 radical (unpaired) electrons. The topological polar surface area (TPSA) is 71.8 Å². The zero-order valence-electron chi connectivity index (χ0n) is 14.3. The molecule has 6 nitrogen and oxygen atoms in total. The lowest BCUT2D eigenvalue weighted by Crippen LogP contribution is -2.28. The maximum Gasteiger partial charge on any atom is 0.220 e. The van der Waals surface area contributed by atoms with E-state index in [4.69, 9.17) is 5.10 Å². The number of fused-ring (bicyclic) bond motifs is 1. The van der Waals surface area contributed by atoms with Crippen molar-refractivity contribution >= 4 is 29.3 Å². The van der Waals surface area contributed by atoms with Gasteiger partial charge in [-0.15, -0.1) is 12.4 Å². The van der Waals surface area contributed by atoms with Gasteiger partial charge >= 0.3 is 0 Å². The van der Waals surface area contributed by atoms with Crippen LogP contribution in [0, 0.1) is 5.92 Å². The molecule has 1 atom stereocenters. The fraction of sp³-hybridized carbons (Fsp3) is 0.588. The average Bonchev–Trinajstić information content (AvgIpc) is 3.14. The highest BCUT2D eigenvalue weighted by Gasteiger charge is 2.23. The highest BCUT2D eigenvalue weighted by Crippen LogP contribution is 2.27. The zero-order valence-corrected chi connectivity index (χ0v) is 15.1. The summed E-state index contributed by atoms with van der Waals surface area (Å²) in [5, 5.41) is 12.3. The third kappa shape index (κ3) is 4.24. The Morgan fingerprint density at radius 1 is 1.50 bits per heavy atom. The molecule has 2 aromatic heterocycles. The van der Waals surface area contributed by atoms with Crippen LogP contribution in [0.4, 0.5) is 0 Å². The van der Waals surface area contributed by atoms with Crippen molar-refractivity contribution in [3.05, 3.63) is 24.0 Å². The summed E-state index contributed by atoms with van der Waals surface area (Å²) in [6.45, 7) is 7.36. The van der Waals surface area contributed by atoms with Crippen LogP contribution in [0.3, 0.4) is 0 Å². The Bertz CT molecular complexity index is 679. The summed E-state index contributed by atoms with van der Waals surface area (Å²) in [5.41, 5.74) is 2.04. The largest absolute Gasteiger partial charge is 0.354 e. The first kappa shape index (κ1) is 18.7. The minimum atomic E-state index is 0. The van der Waals surface area contributed by atoms with E-state index in [0.717, 1.165) is 36.2 Å². The molecule has 3 heterocycles. The van der Waals surface area contributed by atoms with Gasteiger partial charge in [-0.2, -0.15) is 5.10 Å². The Hall–Kier alpha value is -1.66. The van der Waals surface area contributed by atoms with Crippen LogP contribution in [-0.2, 0) is 11.3 Å². The third-order valence-corrected chi connectivity index (χ3v) is 4.22. The molecule has 24 heavy (non-hydrogen) atoms. The van der Waals surface area contributed by atoms with Crippen molar-refractivity contribution in [2.75, 3.05) is 19.6 Å². The van der Waals surface area contributed by atoms with Gasteiger partial charge in [-0.05, 0) is 31.0 Å². The van der Waals surface area contributed by atoms with E-state index in [1.165, 1.54) is 0 Å². The highest BCUT2D eigenvalue weighted by molar-refractivity contribution is 5.85. The molecule has 132 valence electrons. The molecular formula is C17H26ClN5O. The van der Waals surface area contributed by atoms with Gasteiger partial charge in [0.15, 0.2) is 5.65 Å². The quantitative estimate of drug-likeness (QED) is 0.836.